The lowest BCUT2D eigenvalue weighted by molar-refractivity contribution is 0.0432. The summed E-state index contributed by atoms with van der Waals surface area (Å²) in [6.45, 7) is -0.345. The van der Waals surface area contributed by atoms with E-state index in [9.17, 15) is 9.90 Å². The predicted molar refractivity (Wildman–Crippen MR) is 68.5 cm³/mol. The van der Waals surface area contributed by atoms with Crippen molar-refractivity contribution in [3.8, 4) is 0 Å². The number of aromatic nitrogens is 2. The van der Waals surface area contributed by atoms with Crippen molar-refractivity contribution in [1.29, 1.82) is 0 Å². The predicted octanol–water partition coefficient (Wildman–Crippen LogP) is -1.99. The van der Waals surface area contributed by atoms with Crippen LogP contribution in [-0.4, -0.2) is 57.2 Å². The van der Waals surface area contributed by atoms with Crippen LogP contribution >= 0.6 is 0 Å². The third-order valence-electron chi connectivity index (χ3n) is 3.21. The van der Waals surface area contributed by atoms with Gasteiger partial charge in [-0.15, -0.1) is 0 Å². The highest BCUT2D eigenvalue weighted by Crippen LogP contribution is 2.21. The first-order valence-corrected chi connectivity index (χ1v) is 6.06. The smallest absolute Gasteiger partial charge is 0.254 e. The van der Waals surface area contributed by atoms with Crippen molar-refractivity contribution in [3.63, 3.8) is 0 Å². The minimum Gasteiger partial charge on any atom is -0.395 e. The summed E-state index contributed by atoms with van der Waals surface area (Å²) in [6.07, 6.45) is 2.74. The van der Waals surface area contributed by atoms with Crippen LogP contribution in [0.5, 0.6) is 0 Å². The summed E-state index contributed by atoms with van der Waals surface area (Å²) < 4.78 is 0. The van der Waals surface area contributed by atoms with E-state index in [0.717, 1.165) is 5.57 Å². The van der Waals surface area contributed by atoms with Crippen LogP contribution in [0, 0.1) is 0 Å². The number of hydrogen-bond donors (Lipinski definition) is 5. The highest BCUT2D eigenvalue weighted by molar-refractivity contribution is 5.70. The van der Waals surface area contributed by atoms with Crippen molar-refractivity contribution < 1.29 is 15.3 Å². The Kier molecular flexibility index (Phi) is 4.43. The SMILES string of the molecule is O=c1[nH]cnc2c1CC=C2CN[C@@H](CO)[C@@H](O)CO. The Morgan fingerprint density at radius 3 is 2.89 bits per heavy atom. The molecule has 1 heterocycles. The monoisotopic (exact) mass is 267 g/mol. The maximum Gasteiger partial charge on any atom is 0.254 e. The van der Waals surface area contributed by atoms with Gasteiger partial charge in [-0.1, -0.05) is 6.08 Å². The number of H-pyrrole nitrogens is 1. The van der Waals surface area contributed by atoms with Gasteiger partial charge in [0.15, 0.2) is 0 Å². The van der Waals surface area contributed by atoms with Gasteiger partial charge >= 0.3 is 0 Å². The average molecular weight is 267 g/mol. The zero-order valence-corrected chi connectivity index (χ0v) is 10.3. The summed E-state index contributed by atoms with van der Waals surface area (Å²) in [5, 5.41) is 30.4. The Labute approximate surface area is 109 Å². The van der Waals surface area contributed by atoms with Crippen molar-refractivity contribution in [1.82, 2.24) is 15.3 Å². The van der Waals surface area contributed by atoms with Gasteiger partial charge in [0.05, 0.1) is 37.4 Å². The Bertz CT molecular complexity index is 526. The minimum absolute atomic E-state index is 0.148. The molecule has 0 fully saturated rings. The van der Waals surface area contributed by atoms with E-state index in [1.807, 2.05) is 6.08 Å². The number of hydrogen-bond acceptors (Lipinski definition) is 6. The van der Waals surface area contributed by atoms with E-state index in [4.69, 9.17) is 10.2 Å². The summed E-state index contributed by atoms with van der Waals surface area (Å²) in [5.41, 5.74) is 1.98. The largest absolute Gasteiger partial charge is 0.395 e. The third kappa shape index (κ3) is 2.90. The van der Waals surface area contributed by atoms with Crippen molar-refractivity contribution in [2.75, 3.05) is 19.8 Å². The first-order valence-electron chi connectivity index (χ1n) is 6.06. The van der Waals surface area contributed by atoms with Crippen molar-refractivity contribution >= 4 is 5.57 Å². The molecule has 7 nitrogen and oxygen atoms in total. The number of aromatic amines is 1. The van der Waals surface area contributed by atoms with Gasteiger partial charge in [-0.25, -0.2) is 4.98 Å². The van der Waals surface area contributed by atoms with Gasteiger partial charge in [0.1, 0.15) is 0 Å². The lowest BCUT2D eigenvalue weighted by atomic mass is 10.1. The molecular formula is C12H17N3O4. The molecular weight excluding hydrogens is 250 g/mol. The fourth-order valence-electron chi connectivity index (χ4n) is 2.06. The van der Waals surface area contributed by atoms with Crippen molar-refractivity contribution in [2.45, 2.75) is 18.6 Å². The van der Waals surface area contributed by atoms with Crippen LogP contribution in [0.15, 0.2) is 17.2 Å². The first-order chi connectivity index (χ1) is 9.17. The Morgan fingerprint density at radius 2 is 2.21 bits per heavy atom. The van der Waals surface area contributed by atoms with Crippen LogP contribution in [0.3, 0.4) is 0 Å². The molecule has 1 aliphatic carbocycles. The lowest BCUT2D eigenvalue weighted by Gasteiger charge is -2.20. The number of allylic oxidation sites excluding steroid dienone is 1. The molecule has 0 spiro atoms. The van der Waals surface area contributed by atoms with E-state index >= 15 is 0 Å². The summed E-state index contributed by atoms with van der Waals surface area (Å²) in [5.74, 6) is 0. The third-order valence-corrected chi connectivity index (χ3v) is 3.21. The number of aliphatic hydroxyl groups excluding tert-OH is 3. The van der Waals surface area contributed by atoms with Crippen LogP contribution in [0.1, 0.15) is 11.3 Å². The summed E-state index contributed by atoms with van der Waals surface area (Å²) in [4.78, 5) is 18.2. The van der Waals surface area contributed by atoms with Gasteiger partial charge in [-0.05, 0) is 12.0 Å². The molecule has 0 aliphatic heterocycles. The van der Waals surface area contributed by atoms with Crippen LogP contribution in [-0.2, 0) is 6.42 Å². The lowest BCUT2D eigenvalue weighted by Crippen LogP contribution is -2.45. The van der Waals surface area contributed by atoms with E-state index in [0.29, 0.717) is 24.2 Å². The summed E-state index contributed by atoms with van der Waals surface area (Å²) >= 11 is 0. The molecule has 104 valence electrons. The average Bonchev–Trinajstić information content (AvgIpc) is 2.84. The number of aliphatic hydroxyl groups is 3. The standard InChI is InChI=1S/C12H17N3O4/c16-4-9(10(18)5-17)13-3-7-1-2-8-11(7)14-6-15-12(8)19/h1,6,9-10,13,16-18H,2-5H2,(H,14,15,19)/t9-,10-/m0/s1. The number of fused-ring (bicyclic) bond motifs is 1. The molecule has 7 heteroatoms. The fraction of sp³-hybridized carbons (Fsp3) is 0.500. The van der Waals surface area contributed by atoms with Gasteiger partial charge in [-0.3, -0.25) is 4.79 Å². The minimum atomic E-state index is -1.03. The summed E-state index contributed by atoms with van der Waals surface area (Å²) in [7, 11) is 0. The first kappa shape index (κ1) is 13.9. The quantitative estimate of drug-likeness (QED) is 0.407. The van der Waals surface area contributed by atoms with Gasteiger partial charge < -0.3 is 25.6 Å². The second kappa shape index (κ2) is 6.07. The van der Waals surface area contributed by atoms with Crippen LogP contribution in [0.25, 0.3) is 5.57 Å². The van der Waals surface area contributed by atoms with Gasteiger partial charge in [0.25, 0.3) is 5.56 Å². The fourth-order valence-corrected chi connectivity index (χ4v) is 2.06. The molecule has 1 aromatic rings. The van der Waals surface area contributed by atoms with E-state index in [1.165, 1.54) is 6.33 Å². The van der Waals surface area contributed by atoms with Gasteiger partial charge in [0, 0.05) is 12.1 Å². The van der Waals surface area contributed by atoms with E-state index < -0.39 is 18.8 Å². The number of rotatable bonds is 6. The number of nitrogens with one attached hydrogen (secondary N) is 2. The Balaban J connectivity index is 2.03. The van der Waals surface area contributed by atoms with E-state index in [2.05, 4.69) is 15.3 Å². The Morgan fingerprint density at radius 1 is 1.42 bits per heavy atom. The summed E-state index contributed by atoms with van der Waals surface area (Å²) in [6, 6.07) is -0.614. The molecule has 0 amide bonds. The highest BCUT2D eigenvalue weighted by Gasteiger charge is 2.21. The second-order valence-electron chi connectivity index (χ2n) is 4.41. The number of nitrogens with zero attached hydrogens (tertiary/aromatic N) is 1. The van der Waals surface area contributed by atoms with E-state index in [-0.39, 0.29) is 12.2 Å². The van der Waals surface area contributed by atoms with Crippen molar-refractivity contribution in [2.24, 2.45) is 0 Å². The Hall–Kier alpha value is -1.54. The molecule has 0 bridgehead atoms. The second-order valence-corrected chi connectivity index (χ2v) is 4.41. The van der Waals surface area contributed by atoms with Crippen LogP contribution < -0.4 is 10.9 Å². The maximum atomic E-state index is 11.5. The topological polar surface area (TPSA) is 118 Å². The maximum absolute atomic E-state index is 11.5. The molecule has 0 saturated carbocycles. The molecule has 0 unspecified atom stereocenters. The molecule has 0 radical (unpaired) electrons. The molecule has 19 heavy (non-hydrogen) atoms. The molecule has 0 aromatic carbocycles. The zero-order chi connectivity index (χ0) is 13.8. The molecule has 2 rings (SSSR count). The van der Waals surface area contributed by atoms with Gasteiger partial charge in [-0.2, -0.15) is 0 Å². The molecule has 5 N–H and O–H groups in total. The highest BCUT2D eigenvalue weighted by atomic mass is 16.3. The van der Waals surface area contributed by atoms with Crippen LogP contribution in [0.4, 0.5) is 0 Å². The molecule has 1 aromatic heterocycles. The molecule has 1 aliphatic rings. The zero-order valence-electron chi connectivity index (χ0n) is 10.3. The van der Waals surface area contributed by atoms with Gasteiger partial charge in [0.2, 0.25) is 0 Å². The molecule has 0 saturated heterocycles. The van der Waals surface area contributed by atoms with Crippen LogP contribution in [0.2, 0.25) is 0 Å². The normalized spacial score (nSPS) is 16.9. The van der Waals surface area contributed by atoms with E-state index in [1.54, 1.807) is 0 Å². The van der Waals surface area contributed by atoms with Crippen molar-refractivity contribution in [3.05, 3.63) is 34.0 Å². The molecule has 2 atom stereocenters.